The molecular formula is C16H34N2O. The van der Waals surface area contributed by atoms with E-state index in [0.29, 0.717) is 17.5 Å². The molecule has 19 heavy (non-hydrogen) atoms. The topological polar surface area (TPSA) is 24.5 Å². The van der Waals surface area contributed by atoms with Crippen LogP contribution in [0, 0.1) is 11.8 Å². The molecule has 0 radical (unpaired) electrons. The monoisotopic (exact) mass is 270 g/mol. The molecule has 3 nitrogen and oxygen atoms in total. The van der Waals surface area contributed by atoms with Crippen molar-refractivity contribution in [2.24, 2.45) is 11.8 Å². The van der Waals surface area contributed by atoms with Crippen LogP contribution < -0.4 is 5.32 Å². The van der Waals surface area contributed by atoms with Crippen molar-refractivity contribution in [1.29, 1.82) is 0 Å². The van der Waals surface area contributed by atoms with Crippen LogP contribution in [-0.2, 0) is 4.74 Å². The molecule has 1 fully saturated rings. The smallest absolute Gasteiger partial charge is 0.0465 e. The summed E-state index contributed by atoms with van der Waals surface area (Å²) in [6.45, 7) is 5.63. The van der Waals surface area contributed by atoms with Crippen molar-refractivity contribution in [3.05, 3.63) is 0 Å². The van der Waals surface area contributed by atoms with Gasteiger partial charge in [-0.05, 0) is 52.2 Å². The number of rotatable bonds is 7. The summed E-state index contributed by atoms with van der Waals surface area (Å²) in [5, 5.41) is 3.63. The number of hydrogen-bond acceptors (Lipinski definition) is 3. The van der Waals surface area contributed by atoms with Crippen LogP contribution in [0.1, 0.15) is 46.0 Å². The lowest BCUT2D eigenvalue weighted by molar-refractivity contribution is 0.0155. The highest BCUT2D eigenvalue weighted by atomic mass is 16.5. The van der Waals surface area contributed by atoms with Gasteiger partial charge in [0.1, 0.15) is 0 Å². The Labute approximate surface area is 120 Å². The Morgan fingerprint density at radius 1 is 1.42 bits per heavy atom. The molecule has 0 aliphatic heterocycles. The summed E-state index contributed by atoms with van der Waals surface area (Å²) < 4.78 is 5.27. The Balaban J connectivity index is 2.87. The van der Waals surface area contributed by atoms with Crippen LogP contribution in [0.5, 0.6) is 0 Å². The maximum atomic E-state index is 5.27. The molecular weight excluding hydrogens is 236 g/mol. The molecule has 1 N–H and O–H groups in total. The van der Waals surface area contributed by atoms with Crippen molar-refractivity contribution >= 4 is 0 Å². The van der Waals surface area contributed by atoms with E-state index in [1.807, 2.05) is 0 Å². The second-order valence-electron chi connectivity index (χ2n) is 6.72. The second-order valence-corrected chi connectivity index (χ2v) is 6.72. The number of ether oxygens (including phenoxy) is 1. The molecule has 1 aliphatic carbocycles. The summed E-state index contributed by atoms with van der Waals surface area (Å²) in [5.74, 6) is 1.47. The van der Waals surface area contributed by atoms with Crippen molar-refractivity contribution in [2.45, 2.75) is 57.5 Å². The Morgan fingerprint density at radius 2 is 2.11 bits per heavy atom. The van der Waals surface area contributed by atoms with Crippen LogP contribution in [0.4, 0.5) is 0 Å². The van der Waals surface area contributed by atoms with E-state index in [9.17, 15) is 0 Å². The van der Waals surface area contributed by atoms with Crippen LogP contribution >= 0.6 is 0 Å². The lowest BCUT2D eigenvalue weighted by Gasteiger charge is -2.52. The van der Waals surface area contributed by atoms with Gasteiger partial charge in [-0.2, -0.15) is 0 Å². The molecule has 1 saturated carbocycles. The number of likely N-dealkylation sites (N-methyl/N-ethyl adjacent to an activating group) is 2. The first kappa shape index (κ1) is 16.9. The summed E-state index contributed by atoms with van der Waals surface area (Å²) in [5.41, 5.74) is 0.305. The van der Waals surface area contributed by atoms with Gasteiger partial charge in [-0.1, -0.05) is 26.7 Å². The molecule has 3 heteroatoms. The third-order valence-electron chi connectivity index (χ3n) is 5.14. The highest BCUT2D eigenvalue weighted by Crippen LogP contribution is 2.40. The van der Waals surface area contributed by atoms with Gasteiger partial charge in [0, 0.05) is 25.3 Å². The highest BCUT2D eigenvalue weighted by Gasteiger charge is 2.44. The largest absolute Gasteiger partial charge is 0.385 e. The molecule has 4 atom stereocenters. The predicted octanol–water partition coefficient (Wildman–Crippen LogP) is 2.76. The SMILES string of the molecule is CNC(C(C)CCOC)C1(N(C)C)CCCC(C)C1. The standard InChI is InChI=1S/C16H34N2O/c1-13-8-7-10-16(12-13,18(4)5)15(17-3)14(2)9-11-19-6/h13-15,17H,7-12H2,1-6H3. The lowest BCUT2D eigenvalue weighted by Crippen LogP contribution is -2.62. The summed E-state index contributed by atoms with van der Waals surface area (Å²) in [4.78, 5) is 2.48. The van der Waals surface area contributed by atoms with E-state index in [4.69, 9.17) is 4.74 Å². The maximum absolute atomic E-state index is 5.27. The van der Waals surface area contributed by atoms with Crippen molar-refractivity contribution in [1.82, 2.24) is 10.2 Å². The maximum Gasteiger partial charge on any atom is 0.0465 e. The van der Waals surface area contributed by atoms with Crippen molar-refractivity contribution < 1.29 is 4.74 Å². The van der Waals surface area contributed by atoms with Gasteiger partial charge in [-0.3, -0.25) is 0 Å². The van der Waals surface area contributed by atoms with Crippen LogP contribution in [0.15, 0.2) is 0 Å². The summed E-state index contributed by atoms with van der Waals surface area (Å²) in [6, 6.07) is 0.542. The molecule has 0 aromatic carbocycles. The third-order valence-corrected chi connectivity index (χ3v) is 5.14. The zero-order chi connectivity index (χ0) is 14.5. The quantitative estimate of drug-likeness (QED) is 0.770. The van der Waals surface area contributed by atoms with Crippen molar-refractivity contribution in [2.75, 3.05) is 34.9 Å². The molecule has 0 aromatic rings. The second kappa shape index (κ2) is 7.61. The number of methoxy groups -OCH3 is 1. The minimum absolute atomic E-state index is 0.305. The van der Waals surface area contributed by atoms with Crippen LogP contribution in [0.2, 0.25) is 0 Å². The minimum Gasteiger partial charge on any atom is -0.385 e. The lowest BCUT2D eigenvalue weighted by atomic mass is 9.68. The number of nitrogens with one attached hydrogen (secondary N) is 1. The van der Waals surface area contributed by atoms with Gasteiger partial charge in [0.05, 0.1) is 0 Å². The normalized spacial score (nSPS) is 31.4. The van der Waals surface area contributed by atoms with Gasteiger partial charge in [0.15, 0.2) is 0 Å². The van der Waals surface area contributed by atoms with E-state index >= 15 is 0 Å². The summed E-state index contributed by atoms with van der Waals surface area (Å²) in [6.07, 6.45) is 6.50. The molecule has 0 amide bonds. The van der Waals surface area contributed by atoms with Crippen LogP contribution in [-0.4, -0.2) is 51.3 Å². The van der Waals surface area contributed by atoms with E-state index in [1.54, 1.807) is 7.11 Å². The molecule has 0 bridgehead atoms. The van der Waals surface area contributed by atoms with Crippen LogP contribution in [0.3, 0.4) is 0 Å². The average molecular weight is 270 g/mol. The molecule has 0 aromatic heterocycles. The van der Waals surface area contributed by atoms with Crippen molar-refractivity contribution in [3.8, 4) is 0 Å². The summed E-state index contributed by atoms with van der Waals surface area (Å²) in [7, 11) is 8.43. The zero-order valence-corrected chi connectivity index (χ0v) is 13.8. The minimum atomic E-state index is 0.305. The average Bonchev–Trinajstić information content (AvgIpc) is 2.37. The van der Waals surface area contributed by atoms with Gasteiger partial charge in [0.25, 0.3) is 0 Å². The first-order chi connectivity index (χ1) is 8.97. The molecule has 1 aliphatic rings. The van der Waals surface area contributed by atoms with E-state index in [0.717, 1.165) is 18.9 Å². The first-order valence-electron chi connectivity index (χ1n) is 7.81. The molecule has 1 rings (SSSR count). The molecule has 114 valence electrons. The molecule has 0 heterocycles. The number of nitrogens with zero attached hydrogens (tertiary/aromatic N) is 1. The fourth-order valence-corrected chi connectivity index (χ4v) is 4.08. The first-order valence-corrected chi connectivity index (χ1v) is 7.81. The van der Waals surface area contributed by atoms with E-state index < -0.39 is 0 Å². The molecule has 0 saturated heterocycles. The van der Waals surface area contributed by atoms with E-state index in [-0.39, 0.29) is 0 Å². The molecule has 4 unspecified atom stereocenters. The zero-order valence-electron chi connectivity index (χ0n) is 13.8. The van der Waals surface area contributed by atoms with E-state index in [1.165, 1.54) is 25.7 Å². The van der Waals surface area contributed by atoms with Gasteiger partial charge in [-0.25, -0.2) is 0 Å². The fraction of sp³-hybridized carbons (Fsp3) is 1.00. The summed E-state index contributed by atoms with van der Waals surface area (Å²) >= 11 is 0. The van der Waals surface area contributed by atoms with Gasteiger partial charge >= 0.3 is 0 Å². The Morgan fingerprint density at radius 3 is 2.58 bits per heavy atom. The third kappa shape index (κ3) is 3.93. The van der Waals surface area contributed by atoms with Gasteiger partial charge in [0.2, 0.25) is 0 Å². The Bertz CT molecular complexity index is 257. The Kier molecular flexibility index (Phi) is 6.78. The Hall–Kier alpha value is -0.120. The van der Waals surface area contributed by atoms with Gasteiger partial charge < -0.3 is 15.0 Å². The highest BCUT2D eigenvalue weighted by molar-refractivity contribution is 5.03. The predicted molar refractivity (Wildman–Crippen MR) is 82.6 cm³/mol. The van der Waals surface area contributed by atoms with Crippen LogP contribution in [0.25, 0.3) is 0 Å². The molecule has 0 spiro atoms. The fourth-order valence-electron chi connectivity index (χ4n) is 4.08. The van der Waals surface area contributed by atoms with E-state index in [2.05, 4.69) is 45.2 Å². The number of hydrogen-bond donors (Lipinski definition) is 1. The van der Waals surface area contributed by atoms with Crippen molar-refractivity contribution in [3.63, 3.8) is 0 Å². The van der Waals surface area contributed by atoms with Gasteiger partial charge in [-0.15, -0.1) is 0 Å².